The first-order valence-electron chi connectivity index (χ1n) is 4.69. The van der Waals surface area contributed by atoms with E-state index >= 15 is 0 Å². The van der Waals surface area contributed by atoms with E-state index in [0.29, 0.717) is 13.2 Å². The number of ether oxygens (including phenoxy) is 1. The molecule has 1 amide bonds. The van der Waals surface area contributed by atoms with Crippen molar-refractivity contribution in [1.82, 2.24) is 5.32 Å². The van der Waals surface area contributed by atoms with Crippen molar-refractivity contribution in [3.63, 3.8) is 0 Å². The Balaban J connectivity index is 2.40. The molecule has 0 aromatic heterocycles. The Morgan fingerprint density at radius 1 is 1.69 bits per heavy atom. The van der Waals surface area contributed by atoms with Gasteiger partial charge in [0.1, 0.15) is 6.10 Å². The van der Waals surface area contributed by atoms with E-state index in [9.17, 15) is 4.79 Å². The van der Waals surface area contributed by atoms with E-state index in [-0.39, 0.29) is 17.6 Å². The summed E-state index contributed by atoms with van der Waals surface area (Å²) < 4.78 is 5.25. The van der Waals surface area contributed by atoms with Gasteiger partial charge in [-0.1, -0.05) is 0 Å². The lowest BCUT2D eigenvalue weighted by molar-refractivity contribution is -0.131. The summed E-state index contributed by atoms with van der Waals surface area (Å²) in [6.45, 7) is 4.94. The second-order valence-electron chi connectivity index (χ2n) is 4.08. The van der Waals surface area contributed by atoms with Crippen molar-refractivity contribution in [2.24, 2.45) is 5.73 Å². The molecule has 0 radical (unpaired) electrons. The molecule has 0 aliphatic carbocycles. The zero-order chi connectivity index (χ0) is 9.90. The van der Waals surface area contributed by atoms with E-state index < -0.39 is 0 Å². The normalized spacial score (nSPS) is 23.2. The molecule has 1 aliphatic rings. The van der Waals surface area contributed by atoms with Gasteiger partial charge in [-0.2, -0.15) is 0 Å². The number of rotatable bonds is 3. The summed E-state index contributed by atoms with van der Waals surface area (Å²) in [5.74, 6) is -0.0343. The topological polar surface area (TPSA) is 64.3 Å². The number of nitrogens with one attached hydrogen (secondary N) is 1. The summed E-state index contributed by atoms with van der Waals surface area (Å²) in [5.41, 5.74) is 5.17. The van der Waals surface area contributed by atoms with Crippen LogP contribution in [0.15, 0.2) is 0 Å². The lowest BCUT2D eigenvalue weighted by Crippen LogP contribution is -2.51. The quantitative estimate of drug-likeness (QED) is 0.653. The van der Waals surface area contributed by atoms with Gasteiger partial charge in [-0.05, 0) is 26.7 Å². The number of nitrogens with two attached hydrogens (primary N) is 1. The first-order chi connectivity index (χ1) is 6.05. The number of hydrogen-bond acceptors (Lipinski definition) is 3. The fourth-order valence-corrected chi connectivity index (χ4v) is 1.25. The van der Waals surface area contributed by atoms with E-state index in [4.69, 9.17) is 10.5 Å². The van der Waals surface area contributed by atoms with Gasteiger partial charge in [0.15, 0.2) is 0 Å². The lowest BCUT2D eigenvalue weighted by atomic mass is 10.1. The van der Waals surface area contributed by atoms with Crippen LogP contribution in [-0.4, -0.2) is 30.7 Å². The van der Waals surface area contributed by atoms with Gasteiger partial charge in [0.2, 0.25) is 5.91 Å². The van der Waals surface area contributed by atoms with Gasteiger partial charge in [0, 0.05) is 18.7 Å². The Morgan fingerprint density at radius 2 is 2.38 bits per heavy atom. The number of hydrogen-bond donors (Lipinski definition) is 2. The largest absolute Gasteiger partial charge is 0.368 e. The van der Waals surface area contributed by atoms with Gasteiger partial charge >= 0.3 is 0 Å². The smallest absolute Gasteiger partial charge is 0.249 e. The van der Waals surface area contributed by atoms with E-state index in [2.05, 4.69) is 5.32 Å². The maximum absolute atomic E-state index is 11.5. The minimum Gasteiger partial charge on any atom is -0.368 e. The highest BCUT2D eigenvalue weighted by molar-refractivity contribution is 5.81. The molecular formula is C9H18N2O2. The molecule has 0 spiro atoms. The molecule has 0 aromatic carbocycles. The van der Waals surface area contributed by atoms with Crippen LogP contribution in [0.3, 0.4) is 0 Å². The van der Waals surface area contributed by atoms with Crippen LogP contribution in [0, 0.1) is 0 Å². The maximum Gasteiger partial charge on any atom is 0.249 e. The molecule has 1 atom stereocenters. The standard InChI is InChI=1S/C9H18N2O2/c1-9(2,6-10)11-8(12)7-4-3-5-13-7/h7H,3-6,10H2,1-2H3,(H,11,12)/t7-/m1/s1. The summed E-state index contributed by atoms with van der Waals surface area (Å²) in [6, 6.07) is 0. The second-order valence-corrected chi connectivity index (χ2v) is 4.08. The van der Waals surface area contributed by atoms with Crippen LogP contribution in [0.25, 0.3) is 0 Å². The number of amides is 1. The van der Waals surface area contributed by atoms with Crippen LogP contribution in [-0.2, 0) is 9.53 Å². The minimum atomic E-state index is -0.330. The van der Waals surface area contributed by atoms with Crippen LogP contribution in [0.2, 0.25) is 0 Å². The molecular weight excluding hydrogens is 168 g/mol. The zero-order valence-electron chi connectivity index (χ0n) is 8.30. The predicted molar refractivity (Wildman–Crippen MR) is 50.3 cm³/mol. The first-order valence-corrected chi connectivity index (χ1v) is 4.69. The Bertz CT molecular complexity index is 186. The van der Waals surface area contributed by atoms with Gasteiger partial charge in [0.25, 0.3) is 0 Å². The van der Waals surface area contributed by atoms with Crippen LogP contribution >= 0.6 is 0 Å². The van der Waals surface area contributed by atoms with Crippen molar-refractivity contribution in [1.29, 1.82) is 0 Å². The molecule has 4 heteroatoms. The molecule has 1 aliphatic heterocycles. The predicted octanol–water partition coefficient (Wildman–Crippen LogP) is 0.0189. The molecule has 1 fully saturated rings. The van der Waals surface area contributed by atoms with Crippen LogP contribution in [0.1, 0.15) is 26.7 Å². The highest BCUT2D eigenvalue weighted by Crippen LogP contribution is 2.13. The first kappa shape index (κ1) is 10.5. The Morgan fingerprint density at radius 3 is 2.85 bits per heavy atom. The SMILES string of the molecule is CC(C)(CN)NC(=O)[C@H]1CCCO1. The third-order valence-electron chi connectivity index (χ3n) is 2.19. The fourth-order valence-electron chi connectivity index (χ4n) is 1.25. The van der Waals surface area contributed by atoms with Gasteiger partial charge < -0.3 is 15.8 Å². The summed E-state index contributed by atoms with van der Waals surface area (Å²) >= 11 is 0. The molecule has 0 aromatic rings. The van der Waals surface area contributed by atoms with Crippen LogP contribution < -0.4 is 11.1 Å². The molecule has 3 N–H and O–H groups in total. The summed E-state index contributed by atoms with van der Waals surface area (Å²) in [4.78, 5) is 11.5. The molecule has 4 nitrogen and oxygen atoms in total. The molecule has 0 unspecified atom stereocenters. The van der Waals surface area contributed by atoms with Crippen LogP contribution in [0.5, 0.6) is 0 Å². The fraction of sp³-hybridized carbons (Fsp3) is 0.889. The summed E-state index contributed by atoms with van der Waals surface area (Å²) in [7, 11) is 0. The average molecular weight is 186 g/mol. The van der Waals surface area contributed by atoms with E-state index in [1.807, 2.05) is 13.8 Å². The van der Waals surface area contributed by atoms with Gasteiger partial charge in [-0.3, -0.25) is 4.79 Å². The number of carbonyl (C=O) groups is 1. The lowest BCUT2D eigenvalue weighted by Gasteiger charge is -2.25. The van der Waals surface area contributed by atoms with Crippen molar-refractivity contribution < 1.29 is 9.53 Å². The molecule has 0 bridgehead atoms. The van der Waals surface area contributed by atoms with Gasteiger partial charge in [-0.25, -0.2) is 0 Å². The van der Waals surface area contributed by atoms with Gasteiger partial charge in [-0.15, -0.1) is 0 Å². The third-order valence-corrected chi connectivity index (χ3v) is 2.19. The second kappa shape index (κ2) is 4.07. The van der Waals surface area contributed by atoms with E-state index in [0.717, 1.165) is 12.8 Å². The zero-order valence-corrected chi connectivity index (χ0v) is 8.30. The molecule has 1 heterocycles. The van der Waals surface area contributed by atoms with Crippen molar-refractivity contribution in [3.8, 4) is 0 Å². The van der Waals surface area contributed by atoms with Crippen molar-refractivity contribution >= 4 is 5.91 Å². The number of carbonyl (C=O) groups excluding carboxylic acids is 1. The molecule has 1 rings (SSSR count). The molecule has 76 valence electrons. The highest BCUT2D eigenvalue weighted by atomic mass is 16.5. The van der Waals surface area contributed by atoms with E-state index in [1.54, 1.807) is 0 Å². The van der Waals surface area contributed by atoms with Crippen LogP contribution in [0.4, 0.5) is 0 Å². The van der Waals surface area contributed by atoms with E-state index in [1.165, 1.54) is 0 Å². The Labute approximate surface area is 78.8 Å². The summed E-state index contributed by atoms with van der Waals surface area (Å²) in [5, 5.41) is 2.86. The van der Waals surface area contributed by atoms with Crippen molar-refractivity contribution in [2.75, 3.05) is 13.2 Å². The van der Waals surface area contributed by atoms with Crippen molar-refractivity contribution in [3.05, 3.63) is 0 Å². The average Bonchev–Trinajstić information content (AvgIpc) is 2.55. The minimum absolute atomic E-state index is 0.0343. The molecule has 0 saturated carbocycles. The van der Waals surface area contributed by atoms with Crippen molar-refractivity contribution in [2.45, 2.75) is 38.3 Å². The van der Waals surface area contributed by atoms with Gasteiger partial charge in [0.05, 0.1) is 0 Å². The maximum atomic E-state index is 11.5. The Hall–Kier alpha value is -0.610. The third kappa shape index (κ3) is 2.97. The summed E-state index contributed by atoms with van der Waals surface area (Å²) in [6.07, 6.45) is 1.54. The monoisotopic (exact) mass is 186 g/mol. The Kier molecular flexibility index (Phi) is 3.27. The molecule has 1 saturated heterocycles. The molecule has 13 heavy (non-hydrogen) atoms. The highest BCUT2D eigenvalue weighted by Gasteiger charge is 2.27.